The third kappa shape index (κ3) is 6.89. The van der Waals surface area contributed by atoms with E-state index in [1.807, 2.05) is 0 Å². The van der Waals surface area contributed by atoms with Gasteiger partial charge in [-0.15, -0.1) is 0 Å². The first-order valence-corrected chi connectivity index (χ1v) is 10.7. The number of amides is 1. The predicted molar refractivity (Wildman–Crippen MR) is 97.2 cm³/mol. The molecular formula is C17H32NO7P. The molecule has 1 aliphatic rings. The third-order valence-corrected chi connectivity index (χ3v) is 6.06. The van der Waals surface area contributed by atoms with Crippen LogP contribution in [-0.2, 0) is 27.9 Å². The Balaban J connectivity index is 2.79. The molecule has 26 heavy (non-hydrogen) atoms. The van der Waals surface area contributed by atoms with Crippen molar-refractivity contribution < 1.29 is 32.7 Å². The normalized spacial score (nSPS) is 20.9. The van der Waals surface area contributed by atoms with Crippen LogP contribution >= 0.6 is 7.60 Å². The van der Waals surface area contributed by atoms with Gasteiger partial charge in [-0.3, -0.25) is 9.46 Å². The molecule has 0 aromatic rings. The van der Waals surface area contributed by atoms with Crippen LogP contribution in [0.1, 0.15) is 47.5 Å². The molecule has 1 heterocycles. The van der Waals surface area contributed by atoms with Crippen molar-refractivity contribution in [3.63, 3.8) is 0 Å². The average Bonchev–Trinajstić information content (AvgIpc) is 2.96. The maximum atomic E-state index is 12.6. The van der Waals surface area contributed by atoms with Gasteiger partial charge in [0.1, 0.15) is 11.6 Å². The van der Waals surface area contributed by atoms with Gasteiger partial charge in [0, 0.05) is 6.54 Å². The minimum Gasteiger partial charge on any atom is -0.467 e. The highest BCUT2D eigenvalue weighted by Crippen LogP contribution is 2.49. The SMILES string of the molecule is CCOP(=O)(CCC1CC(C(=O)OC)N(C(=O)OC(C)(C)C)C1)OCC. The molecule has 0 aromatic heterocycles. The molecule has 0 radical (unpaired) electrons. The van der Waals surface area contributed by atoms with Crippen LogP contribution < -0.4 is 0 Å². The first-order chi connectivity index (χ1) is 12.0. The smallest absolute Gasteiger partial charge is 0.411 e. The fraction of sp³-hybridized carbons (Fsp3) is 0.882. The fourth-order valence-corrected chi connectivity index (χ4v) is 4.72. The summed E-state index contributed by atoms with van der Waals surface area (Å²) in [6.07, 6.45) is 0.650. The number of hydrogen-bond donors (Lipinski definition) is 0. The van der Waals surface area contributed by atoms with Gasteiger partial charge >= 0.3 is 19.7 Å². The minimum absolute atomic E-state index is 0.0131. The quantitative estimate of drug-likeness (QED) is 0.461. The van der Waals surface area contributed by atoms with E-state index in [2.05, 4.69) is 0 Å². The minimum atomic E-state index is -3.15. The second-order valence-corrected chi connectivity index (χ2v) is 9.42. The first kappa shape index (κ1) is 22.9. The van der Waals surface area contributed by atoms with Crippen molar-refractivity contribution in [3.8, 4) is 0 Å². The van der Waals surface area contributed by atoms with Crippen molar-refractivity contribution in [1.29, 1.82) is 0 Å². The van der Waals surface area contributed by atoms with Crippen molar-refractivity contribution in [3.05, 3.63) is 0 Å². The topological polar surface area (TPSA) is 91.4 Å². The lowest BCUT2D eigenvalue weighted by Crippen LogP contribution is -2.43. The molecule has 0 saturated carbocycles. The Labute approximate surface area is 156 Å². The first-order valence-electron chi connectivity index (χ1n) is 9.00. The van der Waals surface area contributed by atoms with E-state index in [0.29, 0.717) is 32.6 Å². The van der Waals surface area contributed by atoms with Gasteiger partial charge in [0.05, 0.1) is 26.5 Å². The molecule has 1 amide bonds. The van der Waals surface area contributed by atoms with Crippen molar-refractivity contribution in [1.82, 2.24) is 4.90 Å². The molecule has 2 unspecified atom stereocenters. The summed E-state index contributed by atoms with van der Waals surface area (Å²) < 4.78 is 33.4. The molecule has 152 valence electrons. The standard InChI is InChI=1S/C17H32NO7P/c1-7-23-26(21,24-8-2)10-9-13-11-14(15(19)22-6)18(12-13)16(20)25-17(3,4)5/h13-14H,7-12H2,1-6H3. The Morgan fingerprint density at radius 3 is 2.19 bits per heavy atom. The van der Waals surface area contributed by atoms with Gasteiger partial charge in [-0.2, -0.15) is 0 Å². The summed E-state index contributed by atoms with van der Waals surface area (Å²) in [5.41, 5.74) is -0.657. The summed E-state index contributed by atoms with van der Waals surface area (Å²) >= 11 is 0. The van der Waals surface area contributed by atoms with E-state index < -0.39 is 31.3 Å². The second kappa shape index (κ2) is 9.72. The highest BCUT2D eigenvalue weighted by molar-refractivity contribution is 7.53. The Morgan fingerprint density at radius 1 is 1.15 bits per heavy atom. The van der Waals surface area contributed by atoms with Gasteiger partial charge in [0.15, 0.2) is 0 Å². The molecule has 0 N–H and O–H groups in total. The van der Waals surface area contributed by atoms with Crippen molar-refractivity contribution in [2.24, 2.45) is 5.92 Å². The molecule has 1 saturated heterocycles. The van der Waals surface area contributed by atoms with Crippen LogP contribution in [0.5, 0.6) is 0 Å². The molecule has 2 atom stereocenters. The van der Waals surface area contributed by atoms with Crippen LogP contribution in [0.4, 0.5) is 4.79 Å². The monoisotopic (exact) mass is 393 g/mol. The van der Waals surface area contributed by atoms with Gasteiger partial charge < -0.3 is 18.5 Å². The number of ether oxygens (including phenoxy) is 2. The molecule has 1 rings (SSSR count). The molecule has 0 bridgehead atoms. The second-order valence-electron chi connectivity index (χ2n) is 7.23. The summed E-state index contributed by atoms with van der Waals surface area (Å²) in [5, 5.41) is 0. The summed E-state index contributed by atoms with van der Waals surface area (Å²) in [6, 6.07) is -0.696. The van der Waals surface area contributed by atoms with E-state index >= 15 is 0 Å². The molecule has 0 spiro atoms. The predicted octanol–water partition coefficient (Wildman–Crippen LogP) is 3.44. The van der Waals surface area contributed by atoms with E-state index in [1.165, 1.54) is 12.0 Å². The number of likely N-dealkylation sites (tertiary alicyclic amines) is 1. The fourth-order valence-electron chi connectivity index (χ4n) is 2.91. The molecule has 9 heteroatoms. The van der Waals surface area contributed by atoms with Crippen LogP contribution in [0.2, 0.25) is 0 Å². The summed E-state index contributed by atoms with van der Waals surface area (Å²) in [7, 11) is -1.86. The molecular weight excluding hydrogens is 361 g/mol. The zero-order chi connectivity index (χ0) is 20.0. The Morgan fingerprint density at radius 2 is 1.73 bits per heavy atom. The van der Waals surface area contributed by atoms with Crippen molar-refractivity contribution in [2.75, 3.05) is 33.0 Å². The van der Waals surface area contributed by atoms with Gasteiger partial charge in [0.2, 0.25) is 0 Å². The maximum Gasteiger partial charge on any atom is 0.411 e. The number of nitrogens with zero attached hydrogens (tertiary/aromatic N) is 1. The number of hydrogen-bond acceptors (Lipinski definition) is 7. The largest absolute Gasteiger partial charge is 0.467 e. The molecule has 1 aliphatic heterocycles. The van der Waals surface area contributed by atoms with Gasteiger partial charge in [0.25, 0.3) is 0 Å². The van der Waals surface area contributed by atoms with Gasteiger partial charge in [-0.25, -0.2) is 9.59 Å². The number of carbonyl (C=O) groups is 2. The summed E-state index contributed by atoms with van der Waals surface area (Å²) in [4.78, 5) is 25.9. The van der Waals surface area contributed by atoms with E-state index in [4.69, 9.17) is 18.5 Å². The Hall–Kier alpha value is -1.11. The van der Waals surface area contributed by atoms with E-state index in [9.17, 15) is 14.2 Å². The third-order valence-electron chi connectivity index (χ3n) is 3.95. The summed E-state index contributed by atoms with van der Waals surface area (Å²) in [6.45, 7) is 9.78. The van der Waals surface area contributed by atoms with Crippen LogP contribution in [0, 0.1) is 5.92 Å². The van der Waals surface area contributed by atoms with Crippen molar-refractivity contribution >= 4 is 19.7 Å². The number of methoxy groups -OCH3 is 1. The number of rotatable bonds is 8. The van der Waals surface area contributed by atoms with E-state index in [1.54, 1.807) is 34.6 Å². The van der Waals surface area contributed by atoms with E-state index in [-0.39, 0.29) is 12.1 Å². The van der Waals surface area contributed by atoms with Crippen LogP contribution in [-0.4, -0.2) is 61.6 Å². The number of esters is 1. The highest BCUT2D eigenvalue weighted by Gasteiger charge is 2.42. The zero-order valence-corrected chi connectivity index (χ0v) is 17.5. The van der Waals surface area contributed by atoms with Crippen molar-refractivity contribution in [2.45, 2.75) is 59.1 Å². The van der Waals surface area contributed by atoms with E-state index in [0.717, 1.165) is 0 Å². The molecule has 0 aromatic carbocycles. The van der Waals surface area contributed by atoms with Crippen LogP contribution in [0.3, 0.4) is 0 Å². The molecule has 1 fully saturated rings. The molecule has 0 aliphatic carbocycles. The van der Waals surface area contributed by atoms with Gasteiger partial charge in [-0.1, -0.05) is 0 Å². The maximum absolute atomic E-state index is 12.6. The lowest BCUT2D eigenvalue weighted by atomic mass is 10.0. The molecule has 8 nitrogen and oxygen atoms in total. The summed E-state index contributed by atoms with van der Waals surface area (Å²) in [5.74, 6) is -0.489. The lowest BCUT2D eigenvalue weighted by Gasteiger charge is -2.27. The van der Waals surface area contributed by atoms with Gasteiger partial charge in [-0.05, 0) is 53.4 Å². The average molecular weight is 393 g/mol. The van der Waals surface area contributed by atoms with Crippen LogP contribution in [0.15, 0.2) is 0 Å². The zero-order valence-electron chi connectivity index (χ0n) is 16.6. The Bertz CT molecular complexity index is 522. The number of carbonyl (C=O) groups excluding carboxylic acids is 2. The van der Waals surface area contributed by atoms with Crippen LogP contribution in [0.25, 0.3) is 0 Å². The highest BCUT2D eigenvalue weighted by atomic mass is 31.2. The lowest BCUT2D eigenvalue weighted by molar-refractivity contribution is -0.145. The Kier molecular flexibility index (Phi) is 8.57.